The first-order valence-corrected chi connectivity index (χ1v) is 8.10. The second-order valence-corrected chi connectivity index (χ2v) is 5.76. The van der Waals surface area contributed by atoms with Gasteiger partial charge in [-0.3, -0.25) is 4.79 Å². The third kappa shape index (κ3) is 4.26. The van der Waals surface area contributed by atoms with E-state index in [2.05, 4.69) is 10.1 Å². The van der Waals surface area contributed by atoms with E-state index in [4.69, 9.17) is 5.11 Å². The highest BCUT2D eigenvalue weighted by molar-refractivity contribution is 7.98. The molecule has 2 rings (SSSR count). The number of aliphatic hydroxyl groups excluding tert-OH is 1. The van der Waals surface area contributed by atoms with Crippen molar-refractivity contribution in [3.05, 3.63) is 35.7 Å². The van der Waals surface area contributed by atoms with Gasteiger partial charge in [0.15, 0.2) is 23.3 Å². The van der Waals surface area contributed by atoms with Crippen molar-refractivity contribution in [2.45, 2.75) is 19.1 Å². The molecule has 2 N–H and O–H groups in total. The van der Waals surface area contributed by atoms with Gasteiger partial charge in [-0.25, -0.2) is 18.4 Å². The lowest BCUT2D eigenvalue weighted by atomic mass is 10.2. The van der Waals surface area contributed by atoms with E-state index in [1.807, 2.05) is 6.26 Å². The van der Waals surface area contributed by atoms with Crippen molar-refractivity contribution in [2.24, 2.45) is 0 Å². The van der Waals surface area contributed by atoms with Gasteiger partial charge < -0.3 is 10.2 Å². The van der Waals surface area contributed by atoms with E-state index in [1.165, 1.54) is 17.8 Å². The Hall–Kier alpha value is -2.00. The Balaban J connectivity index is 2.39. The van der Waals surface area contributed by atoms with Crippen LogP contribution in [-0.4, -0.2) is 43.0 Å². The van der Waals surface area contributed by atoms with Gasteiger partial charge in [-0.05, 0) is 36.6 Å². The van der Waals surface area contributed by atoms with E-state index >= 15 is 0 Å². The van der Waals surface area contributed by atoms with Gasteiger partial charge in [-0.15, -0.1) is 0 Å². The molecule has 6 nitrogen and oxygen atoms in total. The summed E-state index contributed by atoms with van der Waals surface area (Å²) in [5.74, 6) is -2.43. The van der Waals surface area contributed by atoms with Crippen LogP contribution in [0.3, 0.4) is 0 Å². The summed E-state index contributed by atoms with van der Waals surface area (Å²) in [7, 11) is 0. The second-order valence-electron chi connectivity index (χ2n) is 4.77. The number of carboxylic acid groups (broad SMARTS) is 1. The lowest BCUT2D eigenvalue weighted by Crippen LogP contribution is -2.16. The van der Waals surface area contributed by atoms with Gasteiger partial charge in [0.2, 0.25) is 0 Å². The van der Waals surface area contributed by atoms with E-state index in [0.717, 1.165) is 16.8 Å². The van der Waals surface area contributed by atoms with Crippen molar-refractivity contribution in [2.75, 3.05) is 12.0 Å². The van der Waals surface area contributed by atoms with Gasteiger partial charge in [-0.2, -0.15) is 16.9 Å². The van der Waals surface area contributed by atoms with Crippen LogP contribution in [-0.2, 0) is 11.3 Å². The highest BCUT2D eigenvalue weighted by Gasteiger charge is 2.20. The molecule has 0 unspecified atom stereocenters. The van der Waals surface area contributed by atoms with E-state index in [-0.39, 0.29) is 17.2 Å². The maximum Gasteiger partial charge on any atom is 0.325 e. The van der Waals surface area contributed by atoms with E-state index in [1.54, 1.807) is 0 Å². The van der Waals surface area contributed by atoms with Gasteiger partial charge in [-0.1, -0.05) is 0 Å². The molecule has 1 atom stereocenters. The molecule has 0 bridgehead atoms. The molecule has 0 amide bonds. The number of nitrogens with zero attached hydrogens (tertiary/aromatic N) is 3. The first kappa shape index (κ1) is 17.4. The van der Waals surface area contributed by atoms with Crippen LogP contribution in [0.15, 0.2) is 18.2 Å². The molecule has 0 radical (unpaired) electrons. The average Bonchev–Trinajstić information content (AvgIpc) is 2.90. The Morgan fingerprint density at radius 2 is 2.13 bits per heavy atom. The van der Waals surface area contributed by atoms with Crippen molar-refractivity contribution >= 4 is 17.7 Å². The maximum atomic E-state index is 13.3. The fraction of sp³-hybridized carbons (Fsp3) is 0.357. The third-order valence-corrected chi connectivity index (χ3v) is 3.70. The summed E-state index contributed by atoms with van der Waals surface area (Å²) in [6, 6.07) is 3.15. The molecule has 0 aliphatic rings. The number of carboxylic acids is 1. The predicted octanol–water partition coefficient (Wildman–Crippen LogP) is 2.09. The summed E-state index contributed by atoms with van der Waals surface area (Å²) in [5.41, 5.74) is 0.200. The van der Waals surface area contributed by atoms with E-state index < -0.39 is 30.3 Å². The van der Waals surface area contributed by atoms with Crippen LogP contribution in [0.2, 0.25) is 0 Å². The van der Waals surface area contributed by atoms with Crippen LogP contribution in [0.25, 0.3) is 11.4 Å². The Morgan fingerprint density at radius 3 is 2.74 bits per heavy atom. The lowest BCUT2D eigenvalue weighted by molar-refractivity contribution is -0.138. The first-order valence-electron chi connectivity index (χ1n) is 6.71. The fourth-order valence-corrected chi connectivity index (χ4v) is 2.42. The quantitative estimate of drug-likeness (QED) is 0.800. The molecule has 124 valence electrons. The van der Waals surface area contributed by atoms with Crippen LogP contribution < -0.4 is 0 Å². The topological polar surface area (TPSA) is 88.2 Å². The number of aromatic nitrogens is 3. The Bertz CT molecular complexity index is 709. The zero-order valence-electron chi connectivity index (χ0n) is 12.2. The molecule has 0 aliphatic carbocycles. The number of rotatable bonds is 7. The minimum Gasteiger partial charge on any atom is -0.480 e. The van der Waals surface area contributed by atoms with E-state index in [0.29, 0.717) is 12.2 Å². The van der Waals surface area contributed by atoms with Gasteiger partial charge >= 0.3 is 5.97 Å². The number of hydrogen-bond acceptors (Lipinski definition) is 5. The number of hydrogen-bond donors (Lipinski definition) is 2. The molecule has 2 aromatic rings. The third-order valence-electron chi connectivity index (χ3n) is 3.06. The van der Waals surface area contributed by atoms with Crippen LogP contribution in [0.5, 0.6) is 0 Å². The molecule has 9 heteroatoms. The van der Waals surface area contributed by atoms with Crippen LogP contribution >= 0.6 is 11.8 Å². The zero-order valence-corrected chi connectivity index (χ0v) is 13.1. The summed E-state index contributed by atoms with van der Waals surface area (Å²) < 4.78 is 27.4. The minimum absolute atomic E-state index is 0.0309. The molecule has 1 aromatic heterocycles. The Morgan fingerprint density at radius 1 is 1.39 bits per heavy atom. The van der Waals surface area contributed by atoms with E-state index in [9.17, 15) is 18.7 Å². The zero-order chi connectivity index (χ0) is 17.0. The number of aliphatic hydroxyl groups is 1. The fourth-order valence-electron chi connectivity index (χ4n) is 1.96. The Kier molecular flexibility index (Phi) is 5.67. The summed E-state index contributed by atoms with van der Waals surface area (Å²) in [4.78, 5) is 15.0. The van der Waals surface area contributed by atoms with Crippen molar-refractivity contribution < 1.29 is 23.8 Å². The maximum absolute atomic E-state index is 13.3. The molecule has 0 saturated heterocycles. The lowest BCUT2D eigenvalue weighted by Gasteiger charge is -2.09. The number of benzene rings is 1. The number of thioether (sulfide) groups is 1. The highest BCUT2D eigenvalue weighted by atomic mass is 32.2. The standard InChI is InChI=1S/C14H15F2N3O3S/c1-23-5-4-11(20)14-17-13(18-19(14)7-12(21)22)8-2-3-9(15)10(16)6-8/h2-3,6,11,20H,4-5,7H2,1H3,(H,21,22)/t11-/m0/s1. The van der Waals surface area contributed by atoms with Crippen molar-refractivity contribution in [3.63, 3.8) is 0 Å². The van der Waals surface area contributed by atoms with Crippen LogP contribution in [0, 0.1) is 11.6 Å². The van der Waals surface area contributed by atoms with Gasteiger partial charge in [0, 0.05) is 5.56 Å². The summed E-state index contributed by atoms with van der Waals surface area (Å²) >= 11 is 1.53. The number of aliphatic carboxylic acids is 1. The number of carbonyl (C=O) groups is 1. The molecule has 23 heavy (non-hydrogen) atoms. The molecular weight excluding hydrogens is 328 g/mol. The number of halogens is 2. The van der Waals surface area contributed by atoms with Gasteiger partial charge in [0.05, 0.1) is 0 Å². The second kappa shape index (κ2) is 7.51. The first-order chi connectivity index (χ1) is 10.9. The van der Waals surface area contributed by atoms with Crippen molar-refractivity contribution in [1.29, 1.82) is 0 Å². The van der Waals surface area contributed by atoms with Crippen LogP contribution in [0.4, 0.5) is 8.78 Å². The minimum atomic E-state index is -1.15. The normalized spacial score (nSPS) is 12.3. The van der Waals surface area contributed by atoms with Crippen LogP contribution in [0.1, 0.15) is 18.3 Å². The predicted molar refractivity (Wildman–Crippen MR) is 81.0 cm³/mol. The van der Waals surface area contributed by atoms with Crippen molar-refractivity contribution in [1.82, 2.24) is 14.8 Å². The molecular formula is C14H15F2N3O3S. The Labute approximate surface area is 135 Å². The van der Waals surface area contributed by atoms with Gasteiger partial charge in [0.25, 0.3) is 0 Å². The van der Waals surface area contributed by atoms with Gasteiger partial charge in [0.1, 0.15) is 12.6 Å². The molecule has 0 aliphatic heterocycles. The monoisotopic (exact) mass is 343 g/mol. The molecule has 1 aromatic carbocycles. The molecule has 1 heterocycles. The molecule has 0 fully saturated rings. The molecule has 0 spiro atoms. The average molecular weight is 343 g/mol. The highest BCUT2D eigenvalue weighted by Crippen LogP contribution is 2.23. The summed E-state index contributed by atoms with van der Waals surface area (Å²) in [6.45, 7) is -0.484. The molecule has 0 saturated carbocycles. The smallest absolute Gasteiger partial charge is 0.325 e. The van der Waals surface area contributed by atoms with Crippen molar-refractivity contribution in [3.8, 4) is 11.4 Å². The summed E-state index contributed by atoms with van der Waals surface area (Å²) in [6.07, 6.45) is 1.26. The summed E-state index contributed by atoms with van der Waals surface area (Å²) in [5, 5.41) is 23.1. The largest absolute Gasteiger partial charge is 0.480 e. The SMILES string of the molecule is CSCC[C@H](O)c1nc(-c2ccc(F)c(F)c2)nn1CC(=O)O.